The smallest absolute Gasteiger partial charge is 0.203 e. The fourth-order valence-corrected chi connectivity index (χ4v) is 2.59. The monoisotopic (exact) mass is 265 g/mol. The third kappa shape index (κ3) is 2.63. The Hall–Kier alpha value is -1.42. The number of methoxy groups -OCH3 is 3. The first-order valence-corrected chi connectivity index (χ1v) is 6.68. The standard InChI is InChI=1S/C15H23NO3/c1-9(10-5-6-10)13(16)11-7-8-12(17-2)15(19-4)14(11)18-3/h7-10,13H,5-6,16H2,1-4H3. The van der Waals surface area contributed by atoms with Crippen molar-refractivity contribution >= 4 is 0 Å². The summed E-state index contributed by atoms with van der Waals surface area (Å²) in [5.41, 5.74) is 7.38. The van der Waals surface area contributed by atoms with Crippen molar-refractivity contribution in [3.05, 3.63) is 17.7 Å². The van der Waals surface area contributed by atoms with Gasteiger partial charge in [0.25, 0.3) is 0 Å². The van der Waals surface area contributed by atoms with Crippen LogP contribution >= 0.6 is 0 Å². The molecule has 1 aliphatic rings. The van der Waals surface area contributed by atoms with Crippen molar-refractivity contribution in [2.24, 2.45) is 17.6 Å². The summed E-state index contributed by atoms with van der Waals surface area (Å²) in [6.45, 7) is 2.21. The number of rotatable bonds is 6. The molecule has 0 aromatic heterocycles. The first kappa shape index (κ1) is 14.0. The molecular formula is C15H23NO3. The molecule has 0 heterocycles. The van der Waals surface area contributed by atoms with Crippen LogP contribution in [0.1, 0.15) is 31.4 Å². The second kappa shape index (κ2) is 5.70. The molecule has 1 aliphatic carbocycles. The zero-order chi connectivity index (χ0) is 14.0. The Balaban J connectivity index is 2.38. The van der Waals surface area contributed by atoms with Crippen molar-refractivity contribution in [1.29, 1.82) is 0 Å². The molecule has 0 aliphatic heterocycles. The molecule has 0 radical (unpaired) electrons. The summed E-state index contributed by atoms with van der Waals surface area (Å²) in [5, 5.41) is 0. The SMILES string of the molecule is COc1ccc(C(N)C(C)C2CC2)c(OC)c1OC. The lowest BCUT2D eigenvalue weighted by molar-refractivity contribution is 0.315. The Morgan fingerprint density at radius 1 is 1.05 bits per heavy atom. The first-order chi connectivity index (χ1) is 9.13. The van der Waals surface area contributed by atoms with Crippen LogP contribution in [0.25, 0.3) is 0 Å². The molecule has 106 valence electrons. The van der Waals surface area contributed by atoms with E-state index in [0.717, 1.165) is 11.5 Å². The van der Waals surface area contributed by atoms with Crippen LogP contribution in [0.3, 0.4) is 0 Å². The Morgan fingerprint density at radius 2 is 1.68 bits per heavy atom. The fraction of sp³-hybridized carbons (Fsp3) is 0.600. The van der Waals surface area contributed by atoms with E-state index in [1.54, 1.807) is 21.3 Å². The maximum Gasteiger partial charge on any atom is 0.203 e. The van der Waals surface area contributed by atoms with Gasteiger partial charge in [0.05, 0.1) is 21.3 Å². The zero-order valence-electron chi connectivity index (χ0n) is 12.1. The molecule has 0 spiro atoms. The number of ether oxygens (including phenoxy) is 3. The highest BCUT2D eigenvalue weighted by Crippen LogP contribution is 2.47. The molecule has 0 amide bonds. The van der Waals surface area contributed by atoms with E-state index in [1.165, 1.54) is 12.8 Å². The molecule has 2 unspecified atom stereocenters. The van der Waals surface area contributed by atoms with Crippen LogP contribution in [0.2, 0.25) is 0 Å². The molecule has 0 saturated heterocycles. The lowest BCUT2D eigenvalue weighted by Crippen LogP contribution is -2.21. The topological polar surface area (TPSA) is 53.7 Å². The molecular weight excluding hydrogens is 242 g/mol. The molecule has 4 heteroatoms. The van der Waals surface area contributed by atoms with E-state index in [2.05, 4.69) is 6.92 Å². The van der Waals surface area contributed by atoms with Crippen molar-refractivity contribution in [1.82, 2.24) is 0 Å². The largest absolute Gasteiger partial charge is 0.493 e. The number of hydrogen-bond acceptors (Lipinski definition) is 4. The fourth-order valence-electron chi connectivity index (χ4n) is 2.59. The Bertz CT molecular complexity index is 443. The molecule has 0 bridgehead atoms. The van der Waals surface area contributed by atoms with Gasteiger partial charge < -0.3 is 19.9 Å². The zero-order valence-corrected chi connectivity index (χ0v) is 12.1. The summed E-state index contributed by atoms with van der Waals surface area (Å²) >= 11 is 0. The van der Waals surface area contributed by atoms with Gasteiger partial charge in [-0.05, 0) is 36.8 Å². The molecule has 4 nitrogen and oxygen atoms in total. The van der Waals surface area contributed by atoms with Gasteiger partial charge in [0.1, 0.15) is 0 Å². The normalized spacial score (nSPS) is 17.7. The van der Waals surface area contributed by atoms with Crippen molar-refractivity contribution in [3.63, 3.8) is 0 Å². The lowest BCUT2D eigenvalue weighted by Gasteiger charge is -2.24. The minimum Gasteiger partial charge on any atom is -0.493 e. The quantitative estimate of drug-likeness (QED) is 0.859. The van der Waals surface area contributed by atoms with Crippen LogP contribution in [0, 0.1) is 11.8 Å². The Labute approximate surface area is 114 Å². The van der Waals surface area contributed by atoms with E-state index >= 15 is 0 Å². The van der Waals surface area contributed by atoms with Gasteiger partial charge in [-0.15, -0.1) is 0 Å². The van der Waals surface area contributed by atoms with Crippen LogP contribution in [-0.4, -0.2) is 21.3 Å². The summed E-state index contributed by atoms with van der Waals surface area (Å²) < 4.78 is 16.2. The van der Waals surface area contributed by atoms with Crippen LogP contribution in [0.5, 0.6) is 17.2 Å². The average Bonchev–Trinajstić information content (AvgIpc) is 3.28. The lowest BCUT2D eigenvalue weighted by atomic mass is 9.90. The van der Waals surface area contributed by atoms with Crippen molar-refractivity contribution in [2.75, 3.05) is 21.3 Å². The van der Waals surface area contributed by atoms with E-state index < -0.39 is 0 Å². The maximum absolute atomic E-state index is 6.39. The van der Waals surface area contributed by atoms with E-state index in [1.807, 2.05) is 12.1 Å². The Morgan fingerprint density at radius 3 is 2.16 bits per heavy atom. The molecule has 19 heavy (non-hydrogen) atoms. The molecule has 2 atom stereocenters. The predicted octanol–water partition coefficient (Wildman–Crippen LogP) is 2.76. The van der Waals surface area contributed by atoms with E-state index in [4.69, 9.17) is 19.9 Å². The second-order valence-electron chi connectivity index (χ2n) is 5.15. The van der Waals surface area contributed by atoms with Crippen LogP contribution in [0.4, 0.5) is 0 Å². The Kier molecular flexibility index (Phi) is 4.20. The number of hydrogen-bond donors (Lipinski definition) is 1. The molecule has 1 aromatic carbocycles. The summed E-state index contributed by atoms with van der Waals surface area (Å²) in [7, 11) is 4.86. The second-order valence-corrected chi connectivity index (χ2v) is 5.15. The predicted molar refractivity (Wildman–Crippen MR) is 74.9 cm³/mol. The molecule has 2 rings (SSSR count). The summed E-state index contributed by atoms with van der Waals surface area (Å²) in [6, 6.07) is 3.82. The van der Waals surface area contributed by atoms with Crippen molar-refractivity contribution < 1.29 is 14.2 Å². The summed E-state index contributed by atoms with van der Waals surface area (Å²) in [4.78, 5) is 0. The first-order valence-electron chi connectivity index (χ1n) is 6.68. The number of benzene rings is 1. The summed E-state index contributed by atoms with van der Waals surface area (Å²) in [5.74, 6) is 3.15. The third-order valence-electron chi connectivity index (χ3n) is 4.03. The highest BCUT2D eigenvalue weighted by atomic mass is 16.5. The molecule has 1 fully saturated rings. The number of nitrogens with two attached hydrogens (primary N) is 1. The molecule has 1 saturated carbocycles. The summed E-state index contributed by atoms with van der Waals surface area (Å²) in [6.07, 6.45) is 2.56. The minimum absolute atomic E-state index is 0.0396. The third-order valence-corrected chi connectivity index (χ3v) is 4.03. The van der Waals surface area contributed by atoms with E-state index in [-0.39, 0.29) is 6.04 Å². The van der Waals surface area contributed by atoms with Gasteiger partial charge in [0.2, 0.25) is 5.75 Å². The van der Waals surface area contributed by atoms with E-state index in [9.17, 15) is 0 Å². The van der Waals surface area contributed by atoms with Crippen molar-refractivity contribution in [3.8, 4) is 17.2 Å². The van der Waals surface area contributed by atoms with Gasteiger partial charge in [0, 0.05) is 11.6 Å². The highest BCUT2D eigenvalue weighted by Gasteiger charge is 2.34. The van der Waals surface area contributed by atoms with Gasteiger partial charge in [0.15, 0.2) is 11.5 Å². The van der Waals surface area contributed by atoms with Gasteiger partial charge in [-0.2, -0.15) is 0 Å². The van der Waals surface area contributed by atoms with Gasteiger partial charge in [-0.25, -0.2) is 0 Å². The molecule has 2 N–H and O–H groups in total. The molecule has 1 aromatic rings. The maximum atomic E-state index is 6.39. The van der Waals surface area contributed by atoms with Crippen LogP contribution in [-0.2, 0) is 0 Å². The minimum atomic E-state index is -0.0396. The van der Waals surface area contributed by atoms with E-state index in [0.29, 0.717) is 23.2 Å². The van der Waals surface area contributed by atoms with Crippen molar-refractivity contribution in [2.45, 2.75) is 25.8 Å². The van der Waals surface area contributed by atoms with Crippen LogP contribution < -0.4 is 19.9 Å². The average molecular weight is 265 g/mol. The van der Waals surface area contributed by atoms with Gasteiger partial charge >= 0.3 is 0 Å². The van der Waals surface area contributed by atoms with Gasteiger partial charge in [-0.1, -0.05) is 6.92 Å². The van der Waals surface area contributed by atoms with Crippen LogP contribution in [0.15, 0.2) is 12.1 Å². The highest BCUT2D eigenvalue weighted by molar-refractivity contribution is 5.56. The van der Waals surface area contributed by atoms with Gasteiger partial charge in [-0.3, -0.25) is 0 Å².